The molecule has 1 rings (SSSR count). The van der Waals surface area contributed by atoms with Crippen LogP contribution in [0.4, 0.5) is 17.3 Å². The highest BCUT2D eigenvalue weighted by Crippen LogP contribution is 2.25. The zero-order chi connectivity index (χ0) is 24.7. The third kappa shape index (κ3) is 11.3. The Hall–Kier alpha value is -2.44. The summed E-state index contributed by atoms with van der Waals surface area (Å²) in [6.07, 6.45) is 2.93. The predicted molar refractivity (Wildman–Crippen MR) is 124 cm³/mol. The lowest BCUT2D eigenvalue weighted by Gasteiger charge is -2.22. The van der Waals surface area contributed by atoms with Gasteiger partial charge in [-0.1, -0.05) is 26.7 Å². The molecule has 0 aliphatic rings. The number of hydrogen-bond donors (Lipinski definition) is 4. The Morgan fingerprint density at radius 1 is 1.28 bits per heavy atom. The number of nitrogens with zero attached hydrogens (tertiary/aromatic N) is 4. The smallest absolute Gasteiger partial charge is 0.294 e. The molecule has 1 unspecified atom stereocenters. The molecule has 0 fully saturated rings. The quantitative estimate of drug-likeness (QED) is 0.235. The molecule has 0 aliphatic carbocycles. The average Bonchev–Trinajstić information content (AvgIpc) is 2.76. The van der Waals surface area contributed by atoms with Crippen molar-refractivity contribution in [1.29, 1.82) is 0 Å². The van der Waals surface area contributed by atoms with Crippen molar-refractivity contribution in [2.45, 2.75) is 65.2 Å². The zero-order valence-corrected chi connectivity index (χ0v) is 20.0. The molecule has 1 aromatic heterocycles. The molecule has 0 aromatic carbocycles. The lowest BCUT2D eigenvalue weighted by atomic mass is 10.0. The molecule has 1 heterocycles. The minimum absolute atomic E-state index is 0.0238. The molecule has 12 heteroatoms. The molecule has 0 radical (unpaired) electrons. The van der Waals surface area contributed by atoms with Crippen LogP contribution in [0.1, 0.15) is 47.0 Å². The number of aromatic nitrogens is 2. The van der Waals surface area contributed by atoms with E-state index in [4.69, 9.17) is 5.73 Å². The first-order valence-corrected chi connectivity index (χ1v) is 10.8. The van der Waals surface area contributed by atoms with Gasteiger partial charge in [0.05, 0.1) is 12.7 Å². The Labute approximate surface area is 190 Å². The van der Waals surface area contributed by atoms with E-state index >= 15 is 0 Å². The molecule has 0 aliphatic heterocycles. The number of nitrogen functional groups attached to an aromatic ring is 1. The van der Waals surface area contributed by atoms with Crippen molar-refractivity contribution in [3.8, 4) is 0 Å². The highest BCUT2D eigenvalue weighted by atomic mass is 16.9. The van der Waals surface area contributed by atoms with E-state index in [-0.39, 0.29) is 13.2 Å². The summed E-state index contributed by atoms with van der Waals surface area (Å²) in [7, 11) is 3.36. The number of anilines is 3. The summed E-state index contributed by atoms with van der Waals surface area (Å²) >= 11 is 0. The van der Waals surface area contributed by atoms with E-state index in [1.54, 1.807) is 6.33 Å². The predicted octanol–water partition coefficient (Wildman–Crippen LogP) is 1.70. The van der Waals surface area contributed by atoms with Gasteiger partial charge in [0, 0.05) is 32.7 Å². The van der Waals surface area contributed by atoms with Gasteiger partial charge in [-0.3, -0.25) is 0 Å². The Balaban J connectivity index is 0.000000622. The molecular formula is C20H40N6O6. The molecule has 0 saturated heterocycles. The summed E-state index contributed by atoms with van der Waals surface area (Å²) in [4.78, 5) is 24.4. The summed E-state index contributed by atoms with van der Waals surface area (Å²) in [5, 5.41) is 30.9. The van der Waals surface area contributed by atoms with Crippen LogP contribution in [0, 0.1) is 16.0 Å². The average molecular weight is 461 g/mol. The van der Waals surface area contributed by atoms with Gasteiger partial charge in [0.1, 0.15) is 24.7 Å². The Morgan fingerprint density at radius 2 is 1.94 bits per heavy atom. The van der Waals surface area contributed by atoms with Gasteiger partial charge >= 0.3 is 0 Å². The first-order valence-electron chi connectivity index (χ1n) is 10.8. The van der Waals surface area contributed by atoms with Crippen molar-refractivity contribution in [3.05, 3.63) is 16.4 Å². The number of methoxy groups -OCH3 is 1. The van der Waals surface area contributed by atoms with Crippen LogP contribution < -0.4 is 16.0 Å². The molecular weight excluding hydrogens is 420 g/mol. The van der Waals surface area contributed by atoms with Crippen molar-refractivity contribution in [3.63, 3.8) is 0 Å². The number of aliphatic hydroxyl groups is 2. The molecule has 0 amide bonds. The van der Waals surface area contributed by atoms with E-state index in [0.717, 1.165) is 24.6 Å². The van der Waals surface area contributed by atoms with Gasteiger partial charge in [-0.2, -0.15) is 0 Å². The van der Waals surface area contributed by atoms with Crippen molar-refractivity contribution in [2.24, 2.45) is 5.92 Å². The summed E-state index contributed by atoms with van der Waals surface area (Å²) in [6.45, 7) is 8.54. The summed E-state index contributed by atoms with van der Waals surface area (Å²) in [5.74, 6) is 0.993. The topological polar surface area (TPSA) is 169 Å². The van der Waals surface area contributed by atoms with E-state index < -0.39 is 23.2 Å². The summed E-state index contributed by atoms with van der Waals surface area (Å²) < 4.78 is 4.62. The minimum atomic E-state index is -1.10. The SMILES string of the molecule is CCCCC(C)Nc1ncnc(N(C)CC)c1N.COC[C@H](O)[C@H](O)[C@H](C)CO[N+](=O)[O-]. The zero-order valence-electron chi connectivity index (χ0n) is 20.0. The fourth-order valence-corrected chi connectivity index (χ4v) is 2.70. The number of nitrogens with two attached hydrogens (primary N) is 1. The van der Waals surface area contributed by atoms with Gasteiger partial charge in [0.25, 0.3) is 5.09 Å². The van der Waals surface area contributed by atoms with Crippen molar-refractivity contribution < 1.29 is 24.9 Å². The van der Waals surface area contributed by atoms with E-state index in [1.165, 1.54) is 26.9 Å². The highest BCUT2D eigenvalue weighted by molar-refractivity contribution is 5.74. The highest BCUT2D eigenvalue weighted by Gasteiger charge is 2.23. The molecule has 0 saturated carbocycles. The number of aliphatic hydroxyl groups excluding tert-OH is 2. The summed E-state index contributed by atoms with van der Waals surface area (Å²) in [6, 6.07) is 0.377. The number of rotatable bonds is 14. The van der Waals surface area contributed by atoms with Crippen LogP contribution in [0.15, 0.2) is 6.33 Å². The van der Waals surface area contributed by atoms with E-state index in [2.05, 4.69) is 45.6 Å². The van der Waals surface area contributed by atoms with E-state index in [0.29, 0.717) is 11.7 Å². The number of nitrogens with one attached hydrogen (secondary N) is 1. The van der Waals surface area contributed by atoms with Crippen LogP contribution in [0.2, 0.25) is 0 Å². The van der Waals surface area contributed by atoms with Crippen molar-refractivity contribution >= 4 is 17.3 Å². The van der Waals surface area contributed by atoms with Crippen LogP contribution >= 0.6 is 0 Å². The van der Waals surface area contributed by atoms with Crippen molar-refractivity contribution in [2.75, 3.05) is 49.9 Å². The molecule has 0 spiro atoms. The van der Waals surface area contributed by atoms with Gasteiger partial charge in [-0.15, -0.1) is 10.1 Å². The van der Waals surface area contributed by atoms with Gasteiger partial charge in [0.15, 0.2) is 11.6 Å². The van der Waals surface area contributed by atoms with Gasteiger partial charge in [0.2, 0.25) is 0 Å². The molecule has 1 aromatic rings. The standard InChI is InChI=1S/C13H25N5.C7H15NO6/c1-5-7-8-10(3)17-12-11(14)13(16-9-15-12)18(4)6-2;1-5(3-14-8(11)12)7(10)6(9)4-13-2/h9-10H,5-8,14H2,1-4H3,(H,15,16,17);5-7,9-10H,3-4H2,1-2H3/t;5-,6+,7-/m.1/s1. The van der Waals surface area contributed by atoms with Gasteiger partial charge < -0.3 is 35.7 Å². The van der Waals surface area contributed by atoms with Crippen LogP contribution in [-0.2, 0) is 9.57 Å². The maximum absolute atomic E-state index is 9.84. The summed E-state index contributed by atoms with van der Waals surface area (Å²) in [5.41, 5.74) is 6.74. The number of unbranched alkanes of at least 4 members (excludes halogenated alkanes) is 1. The second-order valence-electron chi connectivity index (χ2n) is 7.67. The fourth-order valence-electron chi connectivity index (χ4n) is 2.70. The molecule has 5 N–H and O–H groups in total. The second kappa shape index (κ2) is 16.2. The van der Waals surface area contributed by atoms with Gasteiger partial charge in [-0.05, 0) is 20.3 Å². The molecule has 32 heavy (non-hydrogen) atoms. The monoisotopic (exact) mass is 460 g/mol. The maximum atomic E-state index is 9.84. The third-order valence-corrected chi connectivity index (χ3v) is 4.83. The van der Waals surface area contributed by atoms with E-state index in [1.807, 2.05) is 11.9 Å². The van der Waals surface area contributed by atoms with Crippen LogP contribution in [-0.4, -0.2) is 77.4 Å². The molecule has 4 atom stereocenters. The van der Waals surface area contributed by atoms with Gasteiger partial charge in [-0.25, -0.2) is 9.97 Å². The largest absolute Gasteiger partial charge is 0.393 e. The van der Waals surface area contributed by atoms with Crippen LogP contribution in [0.5, 0.6) is 0 Å². The maximum Gasteiger partial charge on any atom is 0.294 e. The minimum Gasteiger partial charge on any atom is -0.393 e. The van der Waals surface area contributed by atoms with E-state index in [9.17, 15) is 20.3 Å². The van der Waals surface area contributed by atoms with Crippen LogP contribution in [0.25, 0.3) is 0 Å². The number of ether oxygens (including phenoxy) is 1. The first kappa shape index (κ1) is 29.6. The molecule has 12 nitrogen and oxygen atoms in total. The Morgan fingerprint density at radius 3 is 2.47 bits per heavy atom. The van der Waals surface area contributed by atoms with Crippen molar-refractivity contribution in [1.82, 2.24) is 9.97 Å². The molecule has 186 valence electrons. The number of hydrogen-bond acceptors (Lipinski definition) is 11. The lowest BCUT2D eigenvalue weighted by Crippen LogP contribution is -2.37. The second-order valence-corrected chi connectivity index (χ2v) is 7.67. The normalized spacial score (nSPS) is 14.4. The fraction of sp³-hybridized carbons (Fsp3) is 0.800. The molecule has 0 bridgehead atoms. The third-order valence-electron chi connectivity index (χ3n) is 4.83. The Kier molecular flexibility index (Phi) is 15.0. The van der Waals surface area contributed by atoms with Crippen LogP contribution in [0.3, 0.4) is 0 Å². The lowest BCUT2D eigenvalue weighted by molar-refractivity contribution is -0.759. The first-order chi connectivity index (χ1) is 15.1. The Bertz CT molecular complexity index is 653.